The Bertz CT molecular complexity index is 394. The van der Waals surface area contributed by atoms with E-state index in [2.05, 4.69) is 11.4 Å². The normalized spacial score (nSPS) is 19.9. The Labute approximate surface area is 98.6 Å². The van der Waals surface area contributed by atoms with Crippen LogP contribution in [0.15, 0.2) is 18.2 Å². The SMILES string of the molecule is N#Cc1ccc(Cl)cc1NC1CCSC1. The molecule has 2 rings (SSSR count). The molecule has 1 saturated heterocycles. The first-order valence-corrected chi connectivity index (χ1v) is 6.37. The van der Waals surface area contributed by atoms with Gasteiger partial charge in [0.1, 0.15) is 6.07 Å². The molecule has 4 heteroatoms. The second kappa shape index (κ2) is 4.78. The first-order valence-electron chi connectivity index (χ1n) is 4.83. The summed E-state index contributed by atoms with van der Waals surface area (Å²) in [7, 11) is 0. The van der Waals surface area contributed by atoms with Crippen molar-refractivity contribution in [3.8, 4) is 6.07 Å². The molecule has 1 aliphatic rings. The highest BCUT2D eigenvalue weighted by Crippen LogP contribution is 2.25. The van der Waals surface area contributed by atoms with Gasteiger partial charge in [0.25, 0.3) is 0 Å². The standard InChI is InChI=1S/C11H11ClN2S/c12-9-2-1-8(6-13)11(5-9)14-10-3-4-15-7-10/h1-2,5,10,14H,3-4,7H2. The highest BCUT2D eigenvalue weighted by Gasteiger charge is 2.16. The first kappa shape index (κ1) is 10.7. The molecule has 0 aliphatic carbocycles. The Morgan fingerprint density at radius 1 is 1.53 bits per heavy atom. The van der Waals surface area contributed by atoms with Gasteiger partial charge in [-0.1, -0.05) is 11.6 Å². The number of halogens is 1. The molecule has 1 aromatic rings. The van der Waals surface area contributed by atoms with Crippen LogP contribution >= 0.6 is 23.4 Å². The Morgan fingerprint density at radius 3 is 3.07 bits per heavy atom. The summed E-state index contributed by atoms with van der Waals surface area (Å²) in [5.41, 5.74) is 1.52. The van der Waals surface area contributed by atoms with Crippen molar-refractivity contribution in [2.75, 3.05) is 16.8 Å². The molecule has 0 radical (unpaired) electrons. The number of rotatable bonds is 2. The van der Waals surface area contributed by atoms with Gasteiger partial charge < -0.3 is 5.32 Å². The van der Waals surface area contributed by atoms with E-state index in [4.69, 9.17) is 16.9 Å². The summed E-state index contributed by atoms with van der Waals surface area (Å²) >= 11 is 7.85. The average Bonchev–Trinajstić information content (AvgIpc) is 2.71. The van der Waals surface area contributed by atoms with E-state index in [1.165, 1.54) is 5.75 Å². The molecule has 2 nitrogen and oxygen atoms in total. The zero-order valence-electron chi connectivity index (χ0n) is 8.16. The molecule has 0 saturated carbocycles. The van der Waals surface area contributed by atoms with Crippen LogP contribution in [0.1, 0.15) is 12.0 Å². The highest BCUT2D eigenvalue weighted by molar-refractivity contribution is 7.99. The summed E-state index contributed by atoms with van der Waals surface area (Å²) < 4.78 is 0. The molecular formula is C11H11ClN2S. The van der Waals surface area contributed by atoms with E-state index < -0.39 is 0 Å². The quantitative estimate of drug-likeness (QED) is 0.860. The number of nitrogens with zero attached hydrogens (tertiary/aromatic N) is 1. The van der Waals surface area contributed by atoms with Crippen molar-refractivity contribution in [2.45, 2.75) is 12.5 Å². The molecule has 1 fully saturated rings. The average molecular weight is 239 g/mol. The third-order valence-electron chi connectivity index (χ3n) is 2.39. The summed E-state index contributed by atoms with van der Waals surface area (Å²) in [6.45, 7) is 0. The molecule has 0 amide bonds. The van der Waals surface area contributed by atoms with E-state index in [0.717, 1.165) is 17.9 Å². The molecule has 15 heavy (non-hydrogen) atoms. The van der Waals surface area contributed by atoms with Crippen molar-refractivity contribution in [1.29, 1.82) is 5.26 Å². The second-order valence-electron chi connectivity index (χ2n) is 3.51. The fourth-order valence-electron chi connectivity index (χ4n) is 1.60. The Morgan fingerprint density at radius 2 is 2.40 bits per heavy atom. The zero-order valence-corrected chi connectivity index (χ0v) is 9.74. The monoisotopic (exact) mass is 238 g/mol. The Kier molecular flexibility index (Phi) is 3.40. The van der Waals surface area contributed by atoms with Gasteiger partial charge in [0.05, 0.1) is 11.3 Å². The van der Waals surface area contributed by atoms with Gasteiger partial charge in [-0.15, -0.1) is 0 Å². The molecule has 0 bridgehead atoms. The number of hydrogen-bond acceptors (Lipinski definition) is 3. The largest absolute Gasteiger partial charge is 0.380 e. The zero-order chi connectivity index (χ0) is 10.7. The molecule has 0 spiro atoms. The molecule has 1 atom stereocenters. The molecule has 1 aromatic carbocycles. The molecule has 1 N–H and O–H groups in total. The van der Waals surface area contributed by atoms with Crippen molar-refractivity contribution < 1.29 is 0 Å². The summed E-state index contributed by atoms with van der Waals surface area (Å²) in [6.07, 6.45) is 1.15. The lowest BCUT2D eigenvalue weighted by Crippen LogP contribution is -2.18. The maximum Gasteiger partial charge on any atom is 0.101 e. The van der Waals surface area contributed by atoms with Crippen molar-refractivity contribution >= 4 is 29.1 Å². The lowest BCUT2D eigenvalue weighted by atomic mass is 10.1. The van der Waals surface area contributed by atoms with E-state index in [0.29, 0.717) is 16.6 Å². The molecule has 1 aliphatic heterocycles. The maximum atomic E-state index is 8.94. The topological polar surface area (TPSA) is 35.8 Å². The number of thioether (sulfide) groups is 1. The molecular weight excluding hydrogens is 228 g/mol. The summed E-state index contributed by atoms with van der Waals surface area (Å²) in [5, 5.41) is 13.0. The molecule has 0 aromatic heterocycles. The minimum Gasteiger partial charge on any atom is -0.380 e. The van der Waals surface area contributed by atoms with Crippen LogP contribution in [0.3, 0.4) is 0 Å². The second-order valence-corrected chi connectivity index (χ2v) is 5.09. The van der Waals surface area contributed by atoms with Crippen LogP contribution in [0.5, 0.6) is 0 Å². The first-order chi connectivity index (χ1) is 7.29. The summed E-state index contributed by atoms with van der Waals surface area (Å²) in [4.78, 5) is 0. The Hall–Kier alpha value is -0.850. The van der Waals surface area contributed by atoms with Gasteiger partial charge in [-0.05, 0) is 30.4 Å². The predicted molar refractivity (Wildman–Crippen MR) is 65.5 cm³/mol. The number of nitrogens with one attached hydrogen (secondary N) is 1. The van der Waals surface area contributed by atoms with Crippen LogP contribution in [-0.2, 0) is 0 Å². The number of nitriles is 1. The fraction of sp³-hybridized carbons (Fsp3) is 0.364. The van der Waals surface area contributed by atoms with Crippen LogP contribution in [0, 0.1) is 11.3 Å². The van der Waals surface area contributed by atoms with Crippen molar-refractivity contribution in [3.05, 3.63) is 28.8 Å². The Balaban J connectivity index is 2.18. The minimum atomic E-state index is 0.473. The van der Waals surface area contributed by atoms with Crippen LogP contribution in [-0.4, -0.2) is 17.5 Å². The van der Waals surface area contributed by atoms with E-state index in [-0.39, 0.29) is 0 Å². The molecule has 1 unspecified atom stereocenters. The van der Waals surface area contributed by atoms with Gasteiger partial charge >= 0.3 is 0 Å². The van der Waals surface area contributed by atoms with Crippen LogP contribution < -0.4 is 5.32 Å². The third kappa shape index (κ3) is 2.58. The van der Waals surface area contributed by atoms with Gasteiger partial charge in [-0.2, -0.15) is 17.0 Å². The summed E-state index contributed by atoms with van der Waals surface area (Å²) in [6, 6.07) is 7.97. The van der Waals surface area contributed by atoms with Gasteiger partial charge in [-0.25, -0.2) is 0 Å². The smallest absolute Gasteiger partial charge is 0.101 e. The van der Waals surface area contributed by atoms with Crippen molar-refractivity contribution in [2.24, 2.45) is 0 Å². The van der Waals surface area contributed by atoms with Gasteiger partial charge in [0, 0.05) is 16.8 Å². The summed E-state index contributed by atoms with van der Waals surface area (Å²) in [5.74, 6) is 2.30. The van der Waals surface area contributed by atoms with Crippen molar-refractivity contribution in [1.82, 2.24) is 0 Å². The lowest BCUT2D eigenvalue weighted by molar-refractivity contribution is 0.812. The van der Waals surface area contributed by atoms with E-state index in [1.54, 1.807) is 12.1 Å². The number of anilines is 1. The highest BCUT2D eigenvalue weighted by atomic mass is 35.5. The van der Waals surface area contributed by atoms with Gasteiger partial charge in [0.2, 0.25) is 0 Å². The van der Waals surface area contributed by atoms with Gasteiger partial charge in [0.15, 0.2) is 0 Å². The lowest BCUT2D eigenvalue weighted by Gasteiger charge is -2.14. The van der Waals surface area contributed by atoms with Crippen molar-refractivity contribution in [3.63, 3.8) is 0 Å². The molecule has 1 heterocycles. The fourth-order valence-corrected chi connectivity index (χ4v) is 2.93. The van der Waals surface area contributed by atoms with Crippen LogP contribution in [0.25, 0.3) is 0 Å². The van der Waals surface area contributed by atoms with Crippen LogP contribution in [0.4, 0.5) is 5.69 Å². The predicted octanol–water partition coefficient (Wildman–Crippen LogP) is 3.13. The van der Waals surface area contributed by atoms with Crippen LogP contribution in [0.2, 0.25) is 5.02 Å². The van der Waals surface area contributed by atoms with E-state index >= 15 is 0 Å². The minimum absolute atomic E-state index is 0.473. The number of benzene rings is 1. The number of hydrogen-bond donors (Lipinski definition) is 1. The van der Waals surface area contributed by atoms with E-state index in [9.17, 15) is 0 Å². The van der Waals surface area contributed by atoms with Gasteiger partial charge in [-0.3, -0.25) is 0 Å². The maximum absolute atomic E-state index is 8.94. The third-order valence-corrected chi connectivity index (χ3v) is 3.79. The molecule has 78 valence electrons. The van der Waals surface area contributed by atoms with E-state index in [1.807, 2.05) is 17.8 Å².